The number of carbonyl (C=O) groups is 3. The van der Waals surface area contributed by atoms with Crippen LogP contribution >= 0.6 is 0 Å². The average Bonchev–Trinajstić information content (AvgIpc) is 3.30. The molecule has 11 atom stereocenters. The fraction of sp³-hybridized carbons (Fsp3) is 0.537. The van der Waals surface area contributed by atoms with Gasteiger partial charge < -0.3 is 45.1 Å². The molecule has 3 aromatic rings. The summed E-state index contributed by atoms with van der Waals surface area (Å²) in [7, 11) is 1.57. The Morgan fingerprint density at radius 1 is 0.924 bits per heavy atom. The number of methoxy groups -OCH3 is 1. The summed E-state index contributed by atoms with van der Waals surface area (Å²) in [6, 6.07) is 16.6. The maximum absolute atomic E-state index is 15.3. The molecule has 66 heavy (non-hydrogen) atoms. The number of anilines is 1. The summed E-state index contributed by atoms with van der Waals surface area (Å²) in [6.45, 7) is 1.93. The highest BCUT2D eigenvalue weighted by atomic mass is 16.6. The number of carbonyl (C=O) groups excluding carboxylic acids is 3. The van der Waals surface area contributed by atoms with Crippen LogP contribution in [0.5, 0.6) is 11.5 Å². The predicted molar refractivity (Wildman–Crippen MR) is 245 cm³/mol. The third-order valence-electron chi connectivity index (χ3n) is 15.7. The van der Waals surface area contributed by atoms with Gasteiger partial charge in [-0.15, -0.1) is 0 Å². The third-order valence-corrected chi connectivity index (χ3v) is 15.7. The first-order valence-electron chi connectivity index (χ1n) is 23.9. The maximum atomic E-state index is 15.3. The van der Waals surface area contributed by atoms with Crippen molar-refractivity contribution in [2.75, 3.05) is 25.6 Å². The molecule has 0 amide bonds. The van der Waals surface area contributed by atoms with Crippen LogP contribution in [0.25, 0.3) is 0 Å². The number of ketones is 1. The van der Waals surface area contributed by atoms with Crippen molar-refractivity contribution in [1.82, 2.24) is 0 Å². The number of hydrogen-bond donors (Lipinski definition) is 6. The molecule has 0 spiro atoms. The van der Waals surface area contributed by atoms with Gasteiger partial charge in [-0.25, -0.2) is 4.79 Å². The van der Waals surface area contributed by atoms with Crippen LogP contribution in [0.15, 0.2) is 66.2 Å². The summed E-state index contributed by atoms with van der Waals surface area (Å²) in [5, 5.41) is 62.5. The van der Waals surface area contributed by atoms with Gasteiger partial charge in [0.25, 0.3) is 0 Å². The minimum absolute atomic E-state index is 0.0461. The smallest absolute Gasteiger partial charge is 0.334 e. The van der Waals surface area contributed by atoms with E-state index < -0.39 is 47.2 Å². The molecule has 11 unspecified atom stereocenters. The van der Waals surface area contributed by atoms with E-state index in [0.29, 0.717) is 60.2 Å². The van der Waals surface area contributed by atoms with E-state index in [9.17, 15) is 35.1 Å². The van der Waals surface area contributed by atoms with Crippen LogP contribution in [-0.2, 0) is 49.7 Å². The van der Waals surface area contributed by atoms with Gasteiger partial charge in [0.2, 0.25) is 0 Å². The Labute approximate surface area is 386 Å². The predicted octanol–water partition coefficient (Wildman–Crippen LogP) is 6.36. The van der Waals surface area contributed by atoms with Crippen molar-refractivity contribution >= 4 is 23.4 Å². The Hall–Kier alpha value is -5.03. The molecule has 3 heterocycles. The third kappa shape index (κ3) is 9.43. The van der Waals surface area contributed by atoms with Gasteiger partial charge >= 0.3 is 11.9 Å². The highest BCUT2D eigenvalue weighted by Crippen LogP contribution is 2.59. The van der Waals surface area contributed by atoms with Crippen LogP contribution < -0.4 is 10.1 Å². The number of aliphatic hydroxyl groups is 4. The van der Waals surface area contributed by atoms with Crippen LogP contribution in [0.2, 0.25) is 0 Å². The first-order valence-corrected chi connectivity index (χ1v) is 23.9. The topological polar surface area (TPSA) is 192 Å². The zero-order valence-corrected chi connectivity index (χ0v) is 38.0. The van der Waals surface area contributed by atoms with Gasteiger partial charge in [0, 0.05) is 80.7 Å². The molecule has 0 radical (unpaired) electrons. The molecule has 3 aliphatic carbocycles. The lowest BCUT2D eigenvalue weighted by molar-refractivity contribution is -0.228. The lowest BCUT2D eigenvalue weighted by atomic mass is 9.48. The van der Waals surface area contributed by atoms with Crippen molar-refractivity contribution in [1.29, 1.82) is 0 Å². The number of esters is 2. The van der Waals surface area contributed by atoms with E-state index in [0.717, 1.165) is 43.2 Å². The summed E-state index contributed by atoms with van der Waals surface area (Å²) in [5.74, 6) is 3.23. The van der Waals surface area contributed by atoms with Crippen LogP contribution in [-0.4, -0.2) is 86.9 Å². The Balaban J connectivity index is 1.22. The summed E-state index contributed by atoms with van der Waals surface area (Å²) in [5.41, 5.74) is 2.04. The summed E-state index contributed by atoms with van der Waals surface area (Å²) in [6.07, 6.45) is 5.14. The van der Waals surface area contributed by atoms with Gasteiger partial charge in [0.15, 0.2) is 0 Å². The summed E-state index contributed by atoms with van der Waals surface area (Å²) in [4.78, 5) is 42.6. The number of fused-ring (bicyclic) bond motifs is 9. The number of rotatable bonds is 8. The second kappa shape index (κ2) is 18.9. The van der Waals surface area contributed by atoms with Crippen molar-refractivity contribution in [3.63, 3.8) is 0 Å². The molecule has 0 aromatic heterocycles. The Bertz CT molecular complexity index is 2450. The Morgan fingerprint density at radius 2 is 1.71 bits per heavy atom. The number of ether oxygens (including phenoxy) is 3. The van der Waals surface area contributed by atoms with Gasteiger partial charge in [-0.2, -0.15) is 0 Å². The second-order valence-corrected chi connectivity index (χ2v) is 20.3. The largest absolute Gasteiger partial charge is 0.508 e. The fourth-order valence-corrected chi connectivity index (χ4v) is 12.4. The molecular weight excluding hydrogens is 839 g/mol. The number of phenols is 1. The van der Waals surface area contributed by atoms with E-state index in [1.54, 1.807) is 26.2 Å². The molecule has 12 heteroatoms. The molecule has 3 aromatic carbocycles. The number of aromatic hydroxyl groups is 1. The molecule has 6 aliphatic rings. The number of benzene rings is 3. The first kappa shape index (κ1) is 46.1. The molecule has 350 valence electrons. The van der Waals surface area contributed by atoms with Crippen molar-refractivity contribution < 1.29 is 54.1 Å². The van der Waals surface area contributed by atoms with E-state index in [1.165, 1.54) is 12.1 Å². The minimum Gasteiger partial charge on any atom is -0.508 e. The molecule has 3 aliphatic heterocycles. The van der Waals surface area contributed by atoms with Gasteiger partial charge in [0.05, 0.1) is 30.7 Å². The van der Waals surface area contributed by atoms with Crippen LogP contribution in [0, 0.1) is 41.4 Å². The minimum atomic E-state index is -1.58. The van der Waals surface area contributed by atoms with E-state index in [-0.39, 0.29) is 91.3 Å². The van der Waals surface area contributed by atoms with Crippen molar-refractivity contribution in [2.24, 2.45) is 29.6 Å². The normalized spacial score (nSPS) is 31.6. The number of phenolic OH excluding ortho intramolecular Hbond substituents is 1. The lowest BCUT2D eigenvalue weighted by Gasteiger charge is -2.59. The first-order chi connectivity index (χ1) is 31.7. The molecule has 3 fully saturated rings. The van der Waals surface area contributed by atoms with E-state index in [1.807, 2.05) is 36.4 Å². The van der Waals surface area contributed by atoms with E-state index in [2.05, 4.69) is 17.2 Å². The summed E-state index contributed by atoms with van der Waals surface area (Å²) < 4.78 is 17.7. The number of aliphatic hydroxyl groups excluding tert-OH is 2. The number of nitrogens with one attached hydrogen (secondary N) is 1. The highest BCUT2D eigenvalue weighted by molar-refractivity contribution is 5.89. The molecular formula is C54H63NO11. The fourth-order valence-electron chi connectivity index (χ4n) is 12.4. The number of Topliss-reactive ketones (excluding diaryl/α,β-unsaturated/α-hetero) is 1. The second-order valence-electron chi connectivity index (χ2n) is 20.3. The molecule has 3 saturated carbocycles. The quantitative estimate of drug-likeness (QED) is 0.0835. The van der Waals surface area contributed by atoms with Crippen LogP contribution in [0.3, 0.4) is 0 Å². The molecule has 10 bridgehead atoms. The molecule has 6 N–H and O–H groups in total. The standard InChI is InChI=1S/C54H63NO11/c1-53(62,14-15-64-2)30-55-40-18-33(29-56)17-37(22-40)34-10-11-35-27-51(60)65-49-28-48(59)38(25-42(35)49)26-50-54(63)45-9-4-3-8-36(45)24-43-44(47(58)13-12-46(43)54)20-32-7-5-6-31(16-32)19-41(57)23-39(21-34)52(61)66-50/h5-7,16-18,22-23,25,28,34-36,41,43-46,50,55-57,59,62-63H,3-4,8-9,12-15,19-21,24,26-27,29-30H2,1-2H3. The van der Waals surface area contributed by atoms with Gasteiger partial charge in [0.1, 0.15) is 29.0 Å². The Kier molecular flexibility index (Phi) is 13.2. The monoisotopic (exact) mass is 901 g/mol. The number of hydrogen-bond acceptors (Lipinski definition) is 12. The maximum Gasteiger partial charge on any atom is 0.334 e. The van der Waals surface area contributed by atoms with E-state index in [4.69, 9.17) is 14.2 Å². The zero-order chi connectivity index (χ0) is 46.3. The average molecular weight is 902 g/mol. The van der Waals surface area contributed by atoms with Crippen LogP contribution in [0.1, 0.15) is 116 Å². The zero-order valence-electron chi connectivity index (χ0n) is 38.0. The van der Waals surface area contributed by atoms with E-state index >= 15 is 4.79 Å². The van der Waals surface area contributed by atoms with Crippen molar-refractivity contribution in [2.45, 2.75) is 132 Å². The van der Waals surface area contributed by atoms with Crippen LogP contribution in [0.4, 0.5) is 5.69 Å². The molecule has 12 nitrogen and oxygen atoms in total. The SMILES string of the molecule is COCCC(C)(O)CNc1cc(CO)cc(C2C#CC3CC(=O)Oc4cc(O)c(cc43)CC3OC(=O)C(=CC(O)Cc4cccc(c4)CC4C(=O)CCC5C4CC4CCCCC4C35O)C2)c1. The molecule has 9 rings (SSSR count). The van der Waals surface area contributed by atoms with Crippen molar-refractivity contribution in [3.05, 3.63) is 99.6 Å². The lowest BCUT2D eigenvalue weighted by Crippen LogP contribution is -2.65. The van der Waals surface area contributed by atoms with Gasteiger partial charge in [-0.3, -0.25) is 9.59 Å². The summed E-state index contributed by atoms with van der Waals surface area (Å²) >= 11 is 0. The Morgan fingerprint density at radius 3 is 2.52 bits per heavy atom. The molecule has 0 saturated heterocycles. The highest BCUT2D eigenvalue weighted by Gasteiger charge is 2.62. The van der Waals surface area contributed by atoms with Gasteiger partial charge in [-0.1, -0.05) is 61.4 Å². The van der Waals surface area contributed by atoms with Gasteiger partial charge in [-0.05, 0) is 115 Å². The van der Waals surface area contributed by atoms with Crippen molar-refractivity contribution in [3.8, 4) is 23.3 Å².